The molecule has 1 aliphatic carbocycles. The zero-order valence-corrected chi connectivity index (χ0v) is 21.1. The van der Waals surface area contributed by atoms with E-state index >= 15 is 0 Å². The van der Waals surface area contributed by atoms with Crippen LogP contribution in [0, 0.1) is 24.2 Å². The number of likely N-dealkylation sites (tertiary alicyclic amines) is 1. The van der Waals surface area contributed by atoms with Crippen LogP contribution in [0.1, 0.15) is 42.4 Å². The molecule has 0 unspecified atom stereocenters. The van der Waals surface area contributed by atoms with E-state index < -0.39 is 21.2 Å². The minimum atomic E-state index is -3.50. The molecule has 0 bridgehead atoms. The third-order valence-electron chi connectivity index (χ3n) is 7.83. The Morgan fingerprint density at radius 1 is 1.26 bits per heavy atom. The van der Waals surface area contributed by atoms with Gasteiger partial charge in [0, 0.05) is 43.6 Å². The highest BCUT2D eigenvalue weighted by molar-refractivity contribution is 7.89. The number of piperidine rings is 1. The fraction of sp³-hybridized carbons (Fsp3) is 0.560. The molecule has 1 aromatic heterocycles. The van der Waals surface area contributed by atoms with E-state index in [-0.39, 0.29) is 11.9 Å². The van der Waals surface area contributed by atoms with Crippen molar-refractivity contribution in [2.75, 3.05) is 30.8 Å². The van der Waals surface area contributed by atoms with Gasteiger partial charge in [0.05, 0.1) is 17.7 Å². The number of carbonyl (C=O) groups is 1. The Morgan fingerprint density at radius 2 is 2.00 bits per heavy atom. The summed E-state index contributed by atoms with van der Waals surface area (Å²) in [6, 6.07) is 7.94. The number of hydrogen-bond acceptors (Lipinski definition) is 6. The van der Waals surface area contributed by atoms with Crippen LogP contribution >= 0.6 is 0 Å². The van der Waals surface area contributed by atoms with E-state index in [1.807, 2.05) is 22.8 Å². The first-order chi connectivity index (χ1) is 16.7. The predicted molar refractivity (Wildman–Crippen MR) is 132 cm³/mol. The van der Waals surface area contributed by atoms with Gasteiger partial charge in [-0.25, -0.2) is 13.1 Å². The van der Waals surface area contributed by atoms with Gasteiger partial charge in [0.1, 0.15) is 0 Å². The van der Waals surface area contributed by atoms with Crippen molar-refractivity contribution in [1.82, 2.24) is 19.4 Å². The van der Waals surface area contributed by atoms with E-state index in [9.17, 15) is 13.2 Å². The van der Waals surface area contributed by atoms with Gasteiger partial charge < -0.3 is 4.90 Å². The average Bonchev–Trinajstić information content (AvgIpc) is 3.30. The molecule has 186 valence electrons. The Bertz CT molecular complexity index is 1270. The van der Waals surface area contributed by atoms with Crippen molar-refractivity contribution in [2.45, 2.75) is 57.2 Å². The molecular weight excluding hydrogens is 464 g/mol. The van der Waals surface area contributed by atoms with E-state index in [1.165, 1.54) is 11.1 Å². The third-order valence-corrected chi connectivity index (χ3v) is 9.03. The lowest BCUT2D eigenvalue weighted by Gasteiger charge is -2.38. The minimum absolute atomic E-state index is 0.0830. The molecular formula is C25H32N6O3S. The van der Waals surface area contributed by atoms with Crippen molar-refractivity contribution in [3.8, 4) is 6.07 Å². The number of hydrogen-bond donors (Lipinski definition) is 1. The Balaban J connectivity index is 1.13. The predicted octanol–water partition coefficient (Wildman–Crippen LogP) is 1.92. The number of carbonyl (C=O) groups excluding carboxylic acids is 1. The van der Waals surface area contributed by atoms with Gasteiger partial charge in [-0.1, -0.05) is 17.7 Å². The van der Waals surface area contributed by atoms with Crippen molar-refractivity contribution in [3.63, 3.8) is 0 Å². The molecule has 1 aromatic carbocycles. The largest absolute Gasteiger partial charge is 0.314 e. The summed E-state index contributed by atoms with van der Waals surface area (Å²) in [5, 5.41) is 13.1. The molecule has 0 atom stereocenters. The van der Waals surface area contributed by atoms with E-state index in [2.05, 4.69) is 46.0 Å². The van der Waals surface area contributed by atoms with Gasteiger partial charge in [-0.05, 0) is 63.2 Å². The molecule has 1 saturated heterocycles. The maximum absolute atomic E-state index is 13.2. The van der Waals surface area contributed by atoms with Gasteiger partial charge in [-0.2, -0.15) is 10.4 Å². The quantitative estimate of drug-likeness (QED) is 0.627. The number of amides is 1. The SMILES string of the molecule is Cc1ccc2c(c1)C1(CCN(Cc3cnn(CC4CC(NS(=O)(=O)CC#N)C4)c3)CC1)C(=O)N2C. The highest BCUT2D eigenvalue weighted by Crippen LogP contribution is 2.47. The van der Waals surface area contributed by atoms with Crippen LogP contribution in [0.2, 0.25) is 0 Å². The first kappa shape index (κ1) is 24.0. The lowest BCUT2D eigenvalue weighted by atomic mass is 9.73. The molecule has 3 aliphatic rings. The van der Waals surface area contributed by atoms with Crippen LogP contribution in [0.4, 0.5) is 5.69 Å². The maximum Gasteiger partial charge on any atom is 0.237 e. The number of benzene rings is 1. The number of nitrogens with zero attached hydrogens (tertiary/aromatic N) is 5. The molecule has 1 saturated carbocycles. The monoisotopic (exact) mass is 496 g/mol. The van der Waals surface area contributed by atoms with Gasteiger partial charge in [0.25, 0.3) is 0 Å². The number of nitriles is 1. The molecule has 1 amide bonds. The second kappa shape index (κ2) is 9.04. The smallest absolute Gasteiger partial charge is 0.237 e. The highest BCUT2D eigenvalue weighted by atomic mass is 32.2. The van der Waals surface area contributed by atoms with Crippen LogP contribution in [0.15, 0.2) is 30.6 Å². The molecule has 3 heterocycles. The molecule has 5 rings (SSSR count). The molecule has 2 fully saturated rings. The number of aryl methyl sites for hydroxylation is 1. The minimum Gasteiger partial charge on any atom is -0.314 e. The molecule has 35 heavy (non-hydrogen) atoms. The summed E-state index contributed by atoms with van der Waals surface area (Å²) in [6.45, 7) is 5.38. The fourth-order valence-electron chi connectivity index (χ4n) is 5.92. The Hall–Kier alpha value is -2.74. The van der Waals surface area contributed by atoms with Gasteiger partial charge in [0.15, 0.2) is 5.75 Å². The van der Waals surface area contributed by atoms with Gasteiger partial charge in [0.2, 0.25) is 15.9 Å². The fourth-order valence-corrected chi connectivity index (χ4v) is 6.87. The Morgan fingerprint density at radius 3 is 2.71 bits per heavy atom. The summed E-state index contributed by atoms with van der Waals surface area (Å²) in [5.41, 5.74) is 4.18. The van der Waals surface area contributed by atoms with Crippen LogP contribution in [0.25, 0.3) is 0 Å². The zero-order valence-electron chi connectivity index (χ0n) is 20.3. The zero-order chi connectivity index (χ0) is 24.8. The van der Waals surface area contributed by atoms with Crippen LogP contribution in [-0.2, 0) is 33.3 Å². The van der Waals surface area contributed by atoms with Gasteiger partial charge in [-0.3, -0.25) is 14.4 Å². The van der Waals surface area contributed by atoms with E-state index in [1.54, 1.807) is 6.07 Å². The van der Waals surface area contributed by atoms with Crippen LogP contribution < -0.4 is 9.62 Å². The molecule has 1 N–H and O–H groups in total. The van der Waals surface area contributed by atoms with Crippen molar-refractivity contribution in [3.05, 3.63) is 47.3 Å². The summed E-state index contributed by atoms with van der Waals surface area (Å²) < 4.78 is 27.9. The lowest BCUT2D eigenvalue weighted by Crippen LogP contribution is -2.47. The molecule has 9 nitrogen and oxygen atoms in total. The van der Waals surface area contributed by atoms with E-state index in [4.69, 9.17) is 5.26 Å². The first-order valence-corrected chi connectivity index (χ1v) is 13.8. The lowest BCUT2D eigenvalue weighted by molar-refractivity contribution is -0.124. The van der Waals surface area contributed by atoms with Crippen LogP contribution in [0.3, 0.4) is 0 Å². The summed E-state index contributed by atoms with van der Waals surface area (Å²) in [7, 11) is -1.61. The topological polar surface area (TPSA) is 111 Å². The Kier molecular flexibility index (Phi) is 6.20. The number of sulfonamides is 1. The number of aromatic nitrogens is 2. The summed E-state index contributed by atoms with van der Waals surface area (Å²) in [6.07, 6.45) is 7.15. The van der Waals surface area contributed by atoms with Crippen molar-refractivity contribution in [2.24, 2.45) is 5.92 Å². The second-order valence-corrected chi connectivity index (χ2v) is 12.1. The molecule has 1 spiro atoms. The third kappa shape index (κ3) is 4.60. The standard InChI is InChI=1S/C25H32N6O3S/c1-18-3-4-23-22(11-18)25(24(32)29(23)2)5-8-30(9-6-25)15-20-14-27-31(17-20)16-19-12-21(13-19)28-35(33,34)10-7-26/h3-4,11,14,17,19,21,28H,5-6,8-10,12-13,15-16H2,1-2H3. The summed E-state index contributed by atoms with van der Waals surface area (Å²) in [5.74, 6) is 0.103. The van der Waals surface area contributed by atoms with Crippen molar-refractivity contribution < 1.29 is 13.2 Å². The van der Waals surface area contributed by atoms with E-state index in [0.29, 0.717) is 5.92 Å². The summed E-state index contributed by atoms with van der Waals surface area (Å²) >= 11 is 0. The van der Waals surface area contributed by atoms with Gasteiger partial charge >= 0.3 is 0 Å². The number of likely N-dealkylation sites (N-methyl/N-ethyl adjacent to an activating group) is 1. The average molecular weight is 497 g/mol. The number of nitrogens with one attached hydrogen (secondary N) is 1. The number of anilines is 1. The molecule has 2 aliphatic heterocycles. The molecule has 2 aromatic rings. The van der Waals surface area contributed by atoms with Crippen LogP contribution in [0.5, 0.6) is 0 Å². The first-order valence-electron chi connectivity index (χ1n) is 12.2. The second-order valence-electron chi connectivity index (χ2n) is 10.4. The molecule has 0 radical (unpaired) electrons. The number of fused-ring (bicyclic) bond motifs is 2. The van der Waals surface area contributed by atoms with E-state index in [0.717, 1.165) is 63.1 Å². The number of rotatable bonds is 7. The van der Waals surface area contributed by atoms with Crippen molar-refractivity contribution >= 4 is 21.6 Å². The molecule has 10 heteroatoms. The highest BCUT2D eigenvalue weighted by Gasteiger charge is 2.50. The normalized spacial score (nSPS) is 23.8. The Labute approximate surface area is 206 Å². The van der Waals surface area contributed by atoms with Gasteiger partial charge in [-0.15, -0.1) is 0 Å². The van der Waals surface area contributed by atoms with Crippen molar-refractivity contribution in [1.29, 1.82) is 5.26 Å². The maximum atomic E-state index is 13.2. The summed E-state index contributed by atoms with van der Waals surface area (Å²) in [4.78, 5) is 17.5. The van der Waals surface area contributed by atoms with Crippen LogP contribution in [-0.4, -0.2) is 60.9 Å².